The molecule has 0 radical (unpaired) electrons. The van der Waals surface area contributed by atoms with Crippen LogP contribution in [0.4, 0.5) is 10.5 Å². The molecule has 0 fully saturated rings. The van der Waals surface area contributed by atoms with Gasteiger partial charge in [0.15, 0.2) is 0 Å². The molecule has 1 atom stereocenters. The molecule has 158 valence electrons. The van der Waals surface area contributed by atoms with E-state index >= 15 is 0 Å². The number of nitrogens with one attached hydrogen (secondary N) is 1. The van der Waals surface area contributed by atoms with Crippen LogP contribution in [0.1, 0.15) is 37.6 Å². The van der Waals surface area contributed by atoms with Crippen LogP contribution in [-0.2, 0) is 13.1 Å². The lowest BCUT2D eigenvalue weighted by atomic mass is 10.0. The van der Waals surface area contributed by atoms with Gasteiger partial charge in [-0.15, -0.1) is 0 Å². The lowest BCUT2D eigenvalue weighted by Gasteiger charge is -2.32. The summed E-state index contributed by atoms with van der Waals surface area (Å²) in [6.45, 7) is 9.78. The molecule has 1 aromatic heterocycles. The maximum atomic E-state index is 13.2. The average molecular weight is 424 g/mol. The molecule has 1 unspecified atom stereocenters. The van der Waals surface area contributed by atoms with Gasteiger partial charge in [-0.1, -0.05) is 61.3 Å². The third kappa shape index (κ3) is 5.67. The number of halogens is 1. The predicted molar refractivity (Wildman–Crippen MR) is 125 cm³/mol. The van der Waals surface area contributed by atoms with Crippen LogP contribution in [0.3, 0.4) is 0 Å². The van der Waals surface area contributed by atoms with Crippen molar-refractivity contribution in [1.29, 1.82) is 0 Å². The topological polar surface area (TPSA) is 37.3 Å². The summed E-state index contributed by atoms with van der Waals surface area (Å²) in [4.78, 5) is 15.1. The highest BCUT2D eigenvalue weighted by atomic mass is 35.5. The molecule has 4 nitrogen and oxygen atoms in total. The van der Waals surface area contributed by atoms with Crippen LogP contribution >= 0.6 is 11.6 Å². The van der Waals surface area contributed by atoms with Crippen molar-refractivity contribution in [2.24, 2.45) is 5.92 Å². The first kappa shape index (κ1) is 22.0. The molecule has 0 spiro atoms. The van der Waals surface area contributed by atoms with Crippen molar-refractivity contribution in [3.05, 3.63) is 88.7 Å². The second-order valence-electron chi connectivity index (χ2n) is 8.17. The normalized spacial score (nSPS) is 12.1. The third-order valence-corrected chi connectivity index (χ3v) is 5.72. The molecular weight excluding hydrogens is 394 g/mol. The van der Waals surface area contributed by atoms with Gasteiger partial charge in [-0.05, 0) is 55.7 Å². The molecule has 5 heteroatoms. The van der Waals surface area contributed by atoms with Crippen molar-refractivity contribution in [3.63, 3.8) is 0 Å². The Kier molecular flexibility index (Phi) is 7.22. The van der Waals surface area contributed by atoms with Crippen molar-refractivity contribution < 1.29 is 4.79 Å². The quantitative estimate of drug-likeness (QED) is 0.458. The maximum Gasteiger partial charge on any atom is 0.322 e. The van der Waals surface area contributed by atoms with E-state index in [4.69, 9.17) is 11.6 Å². The van der Waals surface area contributed by atoms with Gasteiger partial charge >= 0.3 is 6.03 Å². The molecule has 3 aromatic rings. The van der Waals surface area contributed by atoms with Crippen LogP contribution in [0.15, 0.2) is 66.9 Å². The average Bonchev–Trinajstić information content (AvgIpc) is 3.12. The maximum absolute atomic E-state index is 13.2. The smallest absolute Gasteiger partial charge is 0.322 e. The Morgan fingerprint density at radius 3 is 2.53 bits per heavy atom. The fourth-order valence-electron chi connectivity index (χ4n) is 3.45. The third-order valence-electron chi connectivity index (χ3n) is 5.48. The second-order valence-corrected chi connectivity index (χ2v) is 8.61. The van der Waals surface area contributed by atoms with E-state index in [2.05, 4.69) is 74.1 Å². The highest BCUT2D eigenvalue weighted by molar-refractivity contribution is 6.30. The summed E-state index contributed by atoms with van der Waals surface area (Å²) in [5, 5.41) is 3.60. The van der Waals surface area contributed by atoms with Crippen LogP contribution in [0.2, 0.25) is 5.02 Å². The van der Waals surface area contributed by atoms with E-state index < -0.39 is 0 Å². The first-order valence-electron chi connectivity index (χ1n) is 10.4. The number of hydrogen-bond acceptors (Lipinski definition) is 1. The summed E-state index contributed by atoms with van der Waals surface area (Å²) < 4.78 is 2.21. The van der Waals surface area contributed by atoms with Crippen molar-refractivity contribution in [1.82, 2.24) is 9.47 Å². The van der Waals surface area contributed by atoms with Gasteiger partial charge in [0, 0.05) is 35.2 Å². The fraction of sp³-hybridized carbons (Fsp3) is 0.320. The van der Waals surface area contributed by atoms with Crippen LogP contribution in [0.5, 0.6) is 0 Å². The first-order valence-corrected chi connectivity index (χ1v) is 10.7. The van der Waals surface area contributed by atoms with Gasteiger partial charge in [0.2, 0.25) is 0 Å². The minimum atomic E-state index is -0.123. The molecule has 3 rings (SSSR count). The van der Waals surface area contributed by atoms with Crippen LogP contribution < -0.4 is 5.32 Å². The van der Waals surface area contributed by atoms with Crippen LogP contribution in [0.25, 0.3) is 0 Å². The minimum Gasteiger partial charge on any atom is -0.345 e. The SMILES string of the molecule is Cc1cccc(Cn2cccc2CN(C(=O)Nc2cccc(Cl)c2)C(C)C(C)C)c1. The van der Waals surface area contributed by atoms with E-state index in [0.717, 1.165) is 12.2 Å². The number of carbonyl (C=O) groups excluding carboxylic acids is 1. The van der Waals surface area contributed by atoms with Crippen molar-refractivity contribution in [3.8, 4) is 0 Å². The van der Waals surface area contributed by atoms with Crippen molar-refractivity contribution in [2.45, 2.75) is 46.8 Å². The highest BCUT2D eigenvalue weighted by Gasteiger charge is 2.24. The molecule has 2 aromatic carbocycles. The molecule has 0 saturated carbocycles. The van der Waals surface area contributed by atoms with Crippen LogP contribution in [-0.4, -0.2) is 21.5 Å². The molecule has 0 aliphatic carbocycles. The molecule has 1 N–H and O–H groups in total. The fourth-order valence-corrected chi connectivity index (χ4v) is 3.64. The summed E-state index contributed by atoms with van der Waals surface area (Å²) in [7, 11) is 0. The number of rotatable bonds is 7. The van der Waals surface area contributed by atoms with Crippen molar-refractivity contribution in [2.75, 3.05) is 5.32 Å². The van der Waals surface area contributed by atoms with E-state index in [1.807, 2.05) is 23.1 Å². The highest BCUT2D eigenvalue weighted by Crippen LogP contribution is 2.20. The standard InChI is InChI=1S/C25H30ClN3O/c1-18(2)20(4)29(25(30)27-23-11-6-10-22(26)15-23)17-24-12-7-13-28(24)16-21-9-5-8-19(3)14-21/h5-15,18,20H,16-17H2,1-4H3,(H,27,30). The van der Waals surface area contributed by atoms with E-state index in [1.54, 1.807) is 12.1 Å². The number of nitrogens with zero attached hydrogens (tertiary/aromatic N) is 2. The number of aromatic nitrogens is 1. The van der Waals surface area contributed by atoms with Gasteiger partial charge < -0.3 is 14.8 Å². The van der Waals surface area contributed by atoms with Gasteiger partial charge in [0.1, 0.15) is 0 Å². The summed E-state index contributed by atoms with van der Waals surface area (Å²) in [6, 6.07) is 19.8. The zero-order valence-electron chi connectivity index (χ0n) is 18.1. The van der Waals surface area contributed by atoms with Crippen molar-refractivity contribution >= 4 is 23.3 Å². The van der Waals surface area contributed by atoms with E-state index in [-0.39, 0.29) is 12.1 Å². The number of benzene rings is 2. The number of urea groups is 1. The summed E-state index contributed by atoms with van der Waals surface area (Å²) in [5.41, 5.74) is 4.30. The monoisotopic (exact) mass is 423 g/mol. The van der Waals surface area contributed by atoms with Gasteiger partial charge in [0.25, 0.3) is 0 Å². The summed E-state index contributed by atoms with van der Waals surface area (Å²) in [5.74, 6) is 0.329. The zero-order valence-corrected chi connectivity index (χ0v) is 18.9. The largest absolute Gasteiger partial charge is 0.345 e. The molecule has 2 amide bonds. The number of hydrogen-bond donors (Lipinski definition) is 1. The molecular formula is C25H30ClN3O. The summed E-state index contributed by atoms with van der Waals surface area (Å²) >= 11 is 6.08. The number of carbonyl (C=O) groups is 1. The molecule has 0 aliphatic heterocycles. The Hall–Kier alpha value is -2.72. The van der Waals surface area contributed by atoms with Gasteiger partial charge in [-0.25, -0.2) is 4.79 Å². The van der Waals surface area contributed by atoms with E-state index in [1.165, 1.54) is 11.1 Å². The number of amides is 2. The second kappa shape index (κ2) is 9.86. The number of aryl methyl sites for hydroxylation is 1. The summed E-state index contributed by atoms with van der Waals surface area (Å²) in [6.07, 6.45) is 2.07. The van der Waals surface area contributed by atoms with Gasteiger partial charge in [-0.2, -0.15) is 0 Å². The first-order chi connectivity index (χ1) is 14.3. The van der Waals surface area contributed by atoms with Gasteiger partial charge in [0.05, 0.1) is 6.54 Å². The number of anilines is 1. The Morgan fingerprint density at radius 2 is 1.83 bits per heavy atom. The zero-order chi connectivity index (χ0) is 21.7. The Morgan fingerprint density at radius 1 is 1.07 bits per heavy atom. The minimum absolute atomic E-state index is 0.0755. The molecule has 0 aliphatic rings. The van der Waals surface area contributed by atoms with Gasteiger partial charge in [-0.3, -0.25) is 0 Å². The molecule has 1 heterocycles. The molecule has 0 saturated heterocycles. The lowest BCUT2D eigenvalue weighted by molar-refractivity contribution is 0.168. The Balaban J connectivity index is 1.80. The Bertz CT molecular complexity index is 995. The molecule has 0 bridgehead atoms. The van der Waals surface area contributed by atoms with E-state index in [0.29, 0.717) is 23.2 Å². The van der Waals surface area contributed by atoms with Crippen LogP contribution in [0, 0.1) is 12.8 Å². The predicted octanol–water partition coefficient (Wildman–Crippen LogP) is 6.58. The Labute approximate surface area is 184 Å². The molecule has 30 heavy (non-hydrogen) atoms. The van der Waals surface area contributed by atoms with E-state index in [9.17, 15) is 4.79 Å². The lowest BCUT2D eigenvalue weighted by Crippen LogP contribution is -2.43.